The second kappa shape index (κ2) is 15.0. The molecule has 6 nitrogen and oxygen atoms in total. The lowest BCUT2D eigenvalue weighted by atomic mass is 9.92. The summed E-state index contributed by atoms with van der Waals surface area (Å²) >= 11 is 0. The first-order valence-corrected chi connectivity index (χ1v) is 12.1. The molecule has 0 spiro atoms. The SMILES string of the molecule is CCCCC[C@H](/C=C/C(=O)CCc1ccc(O)c(OC)c1)Cc1ccc(O)c(OCCNC)c1. The van der Waals surface area contributed by atoms with Crippen molar-refractivity contribution in [3.63, 3.8) is 0 Å². The number of hydrogen-bond acceptors (Lipinski definition) is 6. The van der Waals surface area contributed by atoms with Crippen LogP contribution in [0.15, 0.2) is 48.6 Å². The van der Waals surface area contributed by atoms with Crippen molar-refractivity contribution in [1.29, 1.82) is 0 Å². The average molecular weight is 470 g/mol. The molecule has 2 rings (SSSR count). The predicted molar refractivity (Wildman–Crippen MR) is 136 cm³/mol. The van der Waals surface area contributed by atoms with Gasteiger partial charge in [0.2, 0.25) is 0 Å². The van der Waals surface area contributed by atoms with Gasteiger partial charge in [0.05, 0.1) is 7.11 Å². The summed E-state index contributed by atoms with van der Waals surface area (Å²) in [6.07, 6.45) is 9.93. The summed E-state index contributed by atoms with van der Waals surface area (Å²) in [4.78, 5) is 12.5. The van der Waals surface area contributed by atoms with E-state index in [-0.39, 0.29) is 23.2 Å². The molecule has 34 heavy (non-hydrogen) atoms. The number of allylic oxidation sites excluding steroid dienone is 2. The standard InChI is InChI=1S/C28H39NO5/c1-4-5-6-7-21(18-23-11-15-26(32)28(20-23)34-17-16-29-2)8-12-24(30)13-9-22-10-14-25(31)27(19-22)33-3/h8,10-12,14-15,19-21,29,31-32H,4-7,9,13,16-18H2,1-3H3/b12-8+/t21-/m1/s1. The Balaban J connectivity index is 2.00. The highest BCUT2D eigenvalue weighted by atomic mass is 16.5. The minimum atomic E-state index is 0.0781. The molecule has 1 atom stereocenters. The fraction of sp³-hybridized carbons (Fsp3) is 0.464. The van der Waals surface area contributed by atoms with Gasteiger partial charge in [0.25, 0.3) is 0 Å². The van der Waals surface area contributed by atoms with Crippen LogP contribution < -0.4 is 14.8 Å². The van der Waals surface area contributed by atoms with E-state index in [0.29, 0.717) is 37.5 Å². The molecular weight excluding hydrogens is 430 g/mol. The van der Waals surface area contributed by atoms with E-state index >= 15 is 0 Å². The summed E-state index contributed by atoms with van der Waals surface area (Å²) in [5.41, 5.74) is 2.03. The van der Waals surface area contributed by atoms with Gasteiger partial charge in [-0.15, -0.1) is 0 Å². The Bertz CT molecular complexity index is 925. The Kier molecular flexibility index (Phi) is 12.0. The Morgan fingerprint density at radius 2 is 1.76 bits per heavy atom. The normalized spacial score (nSPS) is 12.1. The minimum absolute atomic E-state index is 0.0781. The second-order valence-corrected chi connectivity index (χ2v) is 8.55. The van der Waals surface area contributed by atoms with Gasteiger partial charge in [-0.3, -0.25) is 4.79 Å². The first-order chi connectivity index (χ1) is 16.5. The minimum Gasteiger partial charge on any atom is -0.504 e. The van der Waals surface area contributed by atoms with Crippen molar-refractivity contribution in [3.05, 3.63) is 59.7 Å². The molecule has 6 heteroatoms. The third-order valence-electron chi connectivity index (χ3n) is 5.77. The maximum Gasteiger partial charge on any atom is 0.161 e. The molecule has 2 aromatic rings. The maximum absolute atomic E-state index is 12.5. The highest BCUT2D eigenvalue weighted by Crippen LogP contribution is 2.29. The van der Waals surface area contributed by atoms with Crippen LogP contribution in [0.4, 0.5) is 0 Å². The van der Waals surface area contributed by atoms with Crippen LogP contribution in [0, 0.1) is 5.92 Å². The number of methoxy groups -OCH3 is 1. The van der Waals surface area contributed by atoms with Crippen LogP contribution in [0.25, 0.3) is 0 Å². The van der Waals surface area contributed by atoms with Crippen LogP contribution in [-0.2, 0) is 17.6 Å². The number of hydrogen-bond donors (Lipinski definition) is 3. The largest absolute Gasteiger partial charge is 0.504 e. The van der Waals surface area contributed by atoms with E-state index in [1.807, 2.05) is 31.3 Å². The predicted octanol–water partition coefficient (Wildman–Crippen LogP) is 5.20. The molecule has 0 fully saturated rings. The first kappa shape index (κ1) is 27.3. The van der Waals surface area contributed by atoms with Gasteiger partial charge < -0.3 is 25.0 Å². The van der Waals surface area contributed by atoms with Crippen LogP contribution >= 0.6 is 0 Å². The topological polar surface area (TPSA) is 88.0 Å². The molecule has 0 saturated carbocycles. The number of ether oxygens (including phenoxy) is 2. The van der Waals surface area contributed by atoms with E-state index in [1.54, 1.807) is 24.3 Å². The molecule has 0 amide bonds. The van der Waals surface area contributed by atoms with Gasteiger partial charge in [-0.05, 0) is 73.7 Å². The molecule has 0 heterocycles. The number of phenolic OH excluding ortho intramolecular Hbond substituents is 2. The van der Waals surface area contributed by atoms with Crippen LogP contribution in [0.2, 0.25) is 0 Å². The summed E-state index contributed by atoms with van der Waals surface area (Å²) < 4.78 is 10.8. The highest BCUT2D eigenvalue weighted by Gasteiger charge is 2.11. The molecule has 0 bridgehead atoms. The van der Waals surface area contributed by atoms with Gasteiger partial charge in [0, 0.05) is 13.0 Å². The number of carbonyl (C=O) groups is 1. The van der Waals surface area contributed by atoms with Crippen LogP contribution in [0.1, 0.15) is 50.2 Å². The molecule has 3 N–H and O–H groups in total. The number of ketones is 1. The summed E-state index contributed by atoms with van der Waals surface area (Å²) in [5, 5.41) is 22.8. The number of likely N-dealkylation sites (N-methyl/N-ethyl adjacent to an activating group) is 1. The fourth-order valence-corrected chi connectivity index (χ4v) is 3.76. The van der Waals surface area contributed by atoms with Crippen molar-refractivity contribution < 1.29 is 24.5 Å². The Hall–Kier alpha value is -2.99. The van der Waals surface area contributed by atoms with E-state index in [1.165, 1.54) is 7.11 Å². The molecule has 0 unspecified atom stereocenters. The number of benzene rings is 2. The van der Waals surface area contributed by atoms with Crippen LogP contribution in [0.5, 0.6) is 23.0 Å². The highest BCUT2D eigenvalue weighted by molar-refractivity contribution is 5.89. The van der Waals surface area contributed by atoms with Gasteiger partial charge in [-0.25, -0.2) is 0 Å². The summed E-state index contributed by atoms with van der Waals surface area (Å²) in [6, 6.07) is 10.7. The van der Waals surface area contributed by atoms with Crippen molar-refractivity contribution in [1.82, 2.24) is 5.32 Å². The molecular formula is C28H39NO5. The summed E-state index contributed by atoms with van der Waals surface area (Å²) in [5.74, 6) is 1.45. The molecule has 0 aliphatic heterocycles. The van der Waals surface area contributed by atoms with Crippen LogP contribution in [-0.4, -0.2) is 43.3 Å². The van der Waals surface area contributed by atoms with Crippen molar-refractivity contribution >= 4 is 5.78 Å². The zero-order valence-corrected chi connectivity index (χ0v) is 20.7. The molecule has 0 aromatic heterocycles. The van der Waals surface area contributed by atoms with Crippen molar-refractivity contribution in [3.8, 4) is 23.0 Å². The summed E-state index contributed by atoms with van der Waals surface area (Å²) in [6.45, 7) is 3.36. The number of aryl methyl sites for hydroxylation is 1. The number of unbranched alkanes of at least 4 members (excludes halogenated alkanes) is 2. The average Bonchev–Trinajstić information content (AvgIpc) is 2.84. The Morgan fingerprint density at radius 1 is 1.06 bits per heavy atom. The first-order valence-electron chi connectivity index (χ1n) is 12.1. The molecule has 0 aliphatic rings. The lowest BCUT2D eigenvalue weighted by Gasteiger charge is -2.15. The van der Waals surface area contributed by atoms with E-state index < -0.39 is 0 Å². The third-order valence-corrected chi connectivity index (χ3v) is 5.77. The van der Waals surface area contributed by atoms with Gasteiger partial charge >= 0.3 is 0 Å². The molecule has 0 radical (unpaired) electrons. The number of nitrogens with one attached hydrogen (secondary N) is 1. The van der Waals surface area contributed by atoms with E-state index in [0.717, 1.165) is 43.2 Å². The number of phenols is 2. The zero-order chi connectivity index (χ0) is 24.8. The zero-order valence-electron chi connectivity index (χ0n) is 20.7. The van der Waals surface area contributed by atoms with Crippen LogP contribution in [0.3, 0.4) is 0 Å². The molecule has 2 aromatic carbocycles. The lowest BCUT2D eigenvalue weighted by molar-refractivity contribution is -0.114. The third kappa shape index (κ3) is 9.48. The monoisotopic (exact) mass is 469 g/mol. The maximum atomic E-state index is 12.5. The van der Waals surface area contributed by atoms with Crippen molar-refractivity contribution in [2.75, 3.05) is 27.3 Å². The quantitative estimate of drug-likeness (QED) is 0.231. The van der Waals surface area contributed by atoms with Crippen molar-refractivity contribution in [2.24, 2.45) is 5.92 Å². The van der Waals surface area contributed by atoms with E-state index in [9.17, 15) is 15.0 Å². The van der Waals surface area contributed by atoms with Gasteiger partial charge in [0.1, 0.15) is 6.61 Å². The van der Waals surface area contributed by atoms with Crippen molar-refractivity contribution in [2.45, 2.75) is 51.9 Å². The van der Waals surface area contributed by atoms with Gasteiger partial charge in [-0.1, -0.05) is 44.4 Å². The van der Waals surface area contributed by atoms with E-state index in [2.05, 4.69) is 12.2 Å². The van der Waals surface area contributed by atoms with Gasteiger partial charge in [0.15, 0.2) is 28.8 Å². The second-order valence-electron chi connectivity index (χ2n) is 8.55. The number of rotatable bonds is 16. The molecule has 186 valence electrons. The smallest absolute Gasteiger partial charge is 0.161 e. The van der Waals surface area contributed by atoms with Gasteiger partial charge in [-0.2, -0.15) is 0 Å². The summed E-state index contributed by atoms with van der Waals surface area (Å²) in [7, 11) is 3.37. The number of aromatic hydroxyl groups is 2. The fourth-order valence-electron chi connectivity index (χ4n) is 3.76. The Labute approximate surface area is 203 Å². The molecule has 0 aliphatic carbocycles. The Morgan fingerprint density at radius 3 is 2.47 bits per heavy atom. The number of carbonyl (C=O) groups excluding carboxylic acids is 1. The van der Waals surface area contributed by atoms with E-state index in [4.69, 9.17) is 9.47 Å². The lowest BCUT2D eigenvalue weighted by Crippen LogP contribution is -2.16. The molecule has 0 saturated heterocycles.